The van der Waals surface area contributed by atoms with Crippen molar-refractivity contribution < 1.29 is 9.59 Å². The summed E-state index contributed by atoms with van der Waals surface area (Å²) >= 11 is 0. The maximum atomic E-state index is 13.1. The van der Waals surface area contributed by atoms with Crippen molar-refractivity contribution in [3.8, 4) is 0 Å². The van der Waals surface area contributed by atoms with Crippen molar-refractivity contribution in [2.45, 2.75) is 83.2 Å². The van der Waals surface area contributed by atoms with Crippen LogP contribution in [0.1, 0.15) is 72.1 Å². The van der Waals surface area contributed by atoms with Crippen LogP contribution in [0.2, 0.25) is 0 Å². The van der Waals surface area contributed by atoms with Crippen LogP contribution in [0.4, 0.5) is 0 Å². The quantitative estimate of drug-likeness (QED) is 0.864. The summed E-state index contributed by atoms with van der Waals surface area (Å²) in [6.45, 7) is 6.97. The van der Waals surface area contributed by atoms with Gasteiger partial charge < -0.3 is 10.2 Å². The Balaban J connectivity index is 2.34. The average molecular weight is 280 g/mol. The predicted octanol–water partition coefficient (Wildman–Crippen LogP) is 2.62. The molecule has 0 unspecified atom stereocenters. The van der Waals surface area contributed by atoms with Crippen LogP contribution in [0.15, 0.2) is 0 Å². The lowest BCUT2D eigenvalue weighted by Gasteiger charge is -2.45. The second-order valence-corrected chi connectivity index (χ2v) is 6.60. The number of amides is 2. The van der Waals surface area contributed by atoms with Gasteiger partial charge in [0.1, 0.15) is 5.54 Å². The smallest absolute Gasteiger partial charge is 0.248 e. The molecule has 1 saturated carbocycles. The Kier molecular flexibility index (Phi) is 4.40. The van der Waals surface area contributed by atoms with Gasteiger partial charge in [-0.1, -0.05) is 33.1 Å². The average Bonchev–Trinajstić information content (AvgIpc) is 2.58. The van der Waals surface area contributed by atoms with Crippen LogP contribution in [0.3, 0.4) is 0 Å². The lowest BCUT2D eigenvalue weighted by atomic mass is 9.79. The van der Waals surface area contributed by atoms with E-state index in [0.717, 1.165) is 38.5 Å². The summed E-state index contributed by atoms with van der Waals surface area (Å²) in [4.78, 5) is 27.2. The molecule has 0 radical (unpaired) electrons. The number of carbonyl (C=O) groups excluding carboxylic acids is 2. The minimum absolute atomic E-state index is 0.0392. The molecule has 1 N–H and O–H groups in total. The number of hydrogen-bond donors (Lipinski definition) is 1. The predicted molar refractivity (Wildman–Crippen MR) is 79.3 cm³/mol. The van der Waals surface area contributed by atoms with E-state index in [9.17, 15) is 9.59 Å². The van der Waals surface area contributed by atoms with E-state index in [1.54, 1.807) is 0 Å². The van der Waals surface area contributed by atoms with Gasteiger partial charge >= 0.3 is 0 Å². The van der Waals surface area contributed by atoms with E-state index < -0.39 is 5.54 Å². The highest BCUT2D eigenvalue weighted by Crippen LogP contribution is 2.35. The number of nitrogens with zero attached hydrogens (tertiary/aromatic N) is 1. The monoisotopic (exact) mass is 280 g/mol. The Morgan fingerprint density at radius 1 is 1.15 bits per heavy atom. The molecule has 0 bridgehead atoms. The van der Waals surface area contributed by atoms with Crippen molar-refractivity contribution >= 4 is 11.8 Å². The molecule has 1 saturated heterocycles. The van der Waals surface area contributed by atoms with E-state index in [-0.39, 0.29) is 17.4 Å². The maximum Gasteiger partial charge on any atom is 0.248 e. The standard InChI is InChI=1S/C16H28N2O2/c1-4-15(3,5-2)18-12-9-13(19)17-16(14(18)20)10-7-6-8-11-16/h4-12H2,1-3H3,(H,17,19). The summed E-state index contributed by atoms with van der Waals surface area (Å²) in [7, 11) is 0. The van der Waals surface area contributed by atoms with Gasteiger partial charge in [-0.2, -0.15) is 0 Å². The van der Waals surface area contributed by atoms with E-state index >= 15 is 0 Å². The molecule has 2 amide bonds. The summed E-state index contributed by atoms with van der Waals surface area (Å²) in [6, 6.07) is 0. The lowest BCUT2D eigenvalue weighted by molar-refractivity contribution is -0.146. The zero-order valence-corrected chi connectivity index (χ0v) is 13.1. The third kappa shape index (κ3) is 2.57. The Bertz CT molecular complexity index is 382. The molecule has 2 fully saturated rings. The summed E-state index contributed by atoms with van der Waals surface area (Å²) in [5.41, 5.74) is -0.745. The summed E-state index contributed by atoms with van der Waals surface area (Å²) in [5, 5.41) is 3.06. The van der Waals surface area contributed by atoms with Crippen molar-refractivity contribution in [1.29, 1.82) is 0 Å². The molecule has 1 aliphatic carbocycles. The van der Waals surface area contributed by atoms with Gasteiger partial charge in [-0.05, 0) is 32.6 Å². The van der Waals surface area contributed by atoms with Crippen LogP contribution >= 0.6 is 0 Å². The topological polar surface area (TPSA) is 49.4 Å². The molecule has 0 aromatic heterocycles. The number of hydrogen-bond acceptors (Lipinski definition) is 2. The molecule has 20 heavy (non-hydrogen) atoms. The van der Waals surface area contributed by atoms with Crippen molar-refractivity contribution in [3.63, 3.8) is 0 Å². The van der Waals surface area contributed by atoms with Crippen molar-refractivity contribution in [3.05, 3.63) is 0 Å². The Morgan fingerprint density at radius 3 is 2.30 bits per heavy atom. The summed E-state index contributed by atoms with van der Waals surface area (Å²) < 4.78 is 0. The van der Waals surface area contributed by atoms with Crippen LogP contribution in [-0.2, 0) is 9.59 Å². The molecule has 1 spiro atoms. The van der Waals surface area contributed by atoms with Crippen molar-refractivity contribution in [2.24, 2.45) is 0 Å². The molecule has 1 aliphatic heterocycles. The Labute approximate surface area is 122 Å². The van der Waals surface area contributed by atoms with Gasteiger partial charge in [-0.15, -0.1) is 0 Å². The molecule has 2 aliphatic rings. The number of carbonyl (C=O) groups is 2. The minimum atomic E-state index is -0.614. The zero-order valence-electron chi connectivity index (χ0n) is 13.1. The largest absolute Gasteiger partial charge is 0.342 e. The van der Waals surface area contributed by atoms with Crippen LogP contribution in [0, 0.1) is 0 Å². The molecular formula is C16H28N2O2. The highest BCUT2D eigenvalue weighted by atomic mass is 16.2. The first-order valence-electron chi connectivity index (χ1n) is 8.10. The van der Waals surface area contributed by atoms with Gasteiger partial charge in [0.25, 0.3) is 0 Å². The molecular weight excluding hydrogens is 252 g/mol. The first kappa shape index (κ1) is 15.3. The van der Waals surface area contributed by atoms with Gasteiger partial charge in [0.05, 0.1) is 0 Å². The van der Waals surface area contributed by atoms with E-state index in [0.29, 0.717) is 13.0 Å². The first-order valence-corrected chi connectivity index (χ1v) is 8.10. The normalized spacial score (nSPS) is 23.6. The van der Waals surface area contributed by atoms with Gasteiger partial charge in [-0.3, -0.25) is 9.59 Å². The molecule has 114 valence electrons. The first-order chi connectivity index (χ1) is 9.47. The maximum absolute atomic E-state index is 13.1. The van der Waals surface area contributed by atoms with Crippen LogP contribution in [0.5, 0.6) is 0 Å². The molecule has 0 atom stereocenters. The third-order valence-corrected chi connectivity index (χ3v) is 5.48. The van der Waals surface area contributed by atoms with Crippen LogP contribution < -0.4 is 5.32 Å². The molecule has 4 nitrogen and oxygen atoms in total. The third-order valence-electron chi connectivity index (χ3n) is 5.48. The van der Waals surface area contributed by atoms with Crippen molar-refractivity contribution in [1.82, 2.24) is 10.2 Å². The van der Waals surface area contributed by atoms with Gasteiger partial charge in [-0.25, -0.2) is 0 Å². The molecule has 0 aromatic carbocycles. The second-order valence-electron chi connectivity index (χ2n) is 6.60. The molecule has 4 heteroatoms. The second kappa shape index (κ2) is 5.74. The van der Waals surface area contributed by atoms with Crippen LogP contribution in [-0.4, -0.2) is 34.3 Å². The summed E-state index contributed by atoms with van der Waals surface area (Å²) in [6.07, 6.45) is 7.14. The number of rotatable bonds is 3. The van der Waals surface area contributed by atoms with Crippen molar-refractivity contribution in [2.75, 3.05) is 6.54 Å². The van der Waals surface area contributed by atoms with Gasteiger partial charge in [0, 0.05) is 18.5 Å². The van der Waals surface area contributed by atoms with Gasteiger partial charge in [0.2, 0.25) is 11.8 Å². The highest BCUT2D eigenvalue weighted by molar-refractivity contribution is 5.94. The fourth-order valence-corrected chi connectivity index (χ4v) is 3.60. The summed E-state index contributed by atoms with van der Waals surface area (Å²) in [5.74, 6) is 0.201. The fourth-order valence-electron chi connectivity index (χ4n) is 3.60. The number of nitrogens with one attached hydrogen (secondary N) is 1. The Morgan fingerprint density at radius 2 is 1.75 bits per heavy atom. The van der Waals surface area contributed by atoms with Crippen LogP contribution in [0.25, 0.3) is 0 Å². The molecule has 2 rings (SSSR count). The Hall–Kier alpha value is -1.06. The zero-order chi connectivity index (χ0) is 14.8. The molecule has 0 aromatic rings. The molecule has 1 heterocycles. The van der Waals surface area contributed by atoms with E-state index in [1.807, 2.05) is 4.90 Å². The lowest BCUT2D eigenvalue weighted by Crippen LogP contribution is -2.62. The van der Waals surface area contributed by atoms with E-state index in [4.69, 9.17) is 0 Å². The highest BCUT2D eigenvalue weighted by Gasteiger charge is 2.48. The van der Waals surface area contributed by atoms with E-state index in [1.165, 1.54) is 6.42 Å². The fraction of sp³-hybridized carbons (Fsp3) is 0.875. The van der Waals surface area contributed by atoms with E-state index in [2.05, 4.69) is 26.1 Å². The SMILES string of the molecule is CCC(C)(CC)N1CCC(=O)NC2(CCCCC2)C1=O. The minimum Gasteiger partial charge on any atom is -0.342 e. The van der Waals surface area contributed by atoms with Gasteiger partial charge in [0.15, 0.2) is 0 Å².